The van der Waals surface area contributed by atoms with Crippen LogP contribution in [-0.4, -0.2) is 24.7 Å². The third-order valence-electron chi connectivity index (χ3n) is 1.19. The standard InChI is InChI=1S/C5H14N2/c1-4-7(3)5(2)6/h5H,4,6H2,1-3H3/t5-/m0/s1. The average molecular weight is 102 g/mol. The second kappa shape index (κ2) is 2.99. The SMILES string of the molecule is CCN(C)[C@@H](C)N. The summed E-state index contributed by atoms with van der Waals surface area (Å²) in [6, 6.07) is 0. The van der Waals surface area contributed by atoms with E-state index in [1.165, 1.54) is 0 Å². The van der Waals surface area contributed by atoms with Gasteiger partial charge in [0.25, 0.3) is 0 Å². The highest BCUT2D eigenvalue weighted by Crippen LogP contribution is 1.82. The Morgan fingerprint density at radius 1 is 1.71 bits per heavy atom. The summed E-state index contributed by atoms with van der Waals surface area (Å²) in [4.78, 5) is 2.07. The Morgan fingerprint density at radius 2 is 2.14 bits per heavy atom. The molecule has 0 aromatic carbocycles. The largest absolute Gasteiger partial charge is 0.316 e. The second-order valence-electron chi connectivity index (χ2n) is 1.81. The molecule has 0 aromatic heterocycles. The molecule has 0 heterocycles. The maximum Gasteiger partial charge on any atom is 0.0539 e. The first kappa shape index (κ1) is 6.92. The van der Waals surface area contributed by atoms with Crippen LogP contribution in [0.5, 0.6) is 0 Å². The van der Waals surface area contributed by atoms with E-state index in [-0.39, 0.29) is 6.17 Å². The minimum absolute atomic E-state index is 0.199. The summed E-state index contributed by atoms with van der Waals surface area (Å²) in [5.41, 5.74) is 5.47. The van der Waals surface area contributed by atoms with Crippen molar-refractivity contribution in [2.24, 2.45) is 5.73 Å². The molecule has 0 spiro atoms. The van der Waals surface area contributed by atoms with Crippen LogP contribution in [-0.2, 0) is 0 Å². The van der Waals surface area contributed by atoms with Crippen LogP contribution in [0, 0.1) is 0 Å². The van der Waals surface area contributed by atoms with Crippen LogP contribution < -0.4 is 5.73 Å². The van der Waals surface area contributed by atoms with Crippen LogP contribution in [0.1, 0.15) is 13.8 Å². The van der Waals surface area contributed by atoms with Gasteiger partial charge in [0.2, 0.25) is 0 Å². The first-order valence-electron chi connectivity index (χ1n) is 2.64. The molecule has 0 rings (SSSR count). The summed E-state index contributed by atoms with van der Waals surface area (Å²) >= 11 is 0. The summed E-state index contributed by atoms with van der Waals surface area (Å²) in [6.07, 6.45) is 0.199. The molecule has 0 saturated heterocycles. The lowest BCUT2D eigenvalue weighted by Gasteiger charge is -2.17. The van der Waals surface area contributed by atoms with Gasteiger partial charge in [-0.2, -0.15) is 0 Å². The molecule has 0 amide bonds. The van der Waals surface area contributed by atoms with E-state index in [0.29, 0.717) is 0 Å². The van der Waals surface area contributed by atoms with Crippen molar-refractivity contribution in [2.75, 3.05) is 13.6 Å². The lowest BCUT2D eigenvalue weighted by Crippen LogP contribution is -2.35. The van der Waals surface area contributed by atoms with E-state index in [1.54, 1.807) is 0 Å². The number of nitrogens with two attached hydrogens (primary N) is 1. The molecule has 0 saturated carbocycles. The Bertz CT molecular complexity index is 43.3. The van der Waals surface area contributed by atoms with Gasteiger partial charge in [-0.25, -0.2) is 0 Å². The number of rotatable bonds is 2. The van der Waals surface area contributed by atoms with Gasteiger partial charge in [0.15, 0.2) is 0 Å². The van der Waals surface area contributed by atoms with Gasteiger partial charge in [-0.1, -0.05) is 6.92 Å². The van der Waals surface area contributed by atoms with Crippen molar-refractivity contribution in [3.05, 3.63) is 0 Å². The third-order valence-corrected chi connectivity index (χ3v) is 1.19. The van der Waals surface area contributed by atoms with Crippen molar-refractivity contribution >= 4 is 0 Å². The lowest BCUT2D eigenvalue weighted by atomic mass is 10.5. The van der Waals surface area contributed by atoms with Crippen LogP contribution in [0.25, 0.3) is 0 Å². The van der Waals surface area contributed by atoms with Gasteiger partial charge in [-0.05, 0) is 20.5 Å². The van der Waals surface area contributed by atoms with E-state index in [2.05, 4.69) is 11.8 Å². The van der Waals surface area contributed by atoms with Crippen molar-refractivity contribution in [3.8, 4) is 0 Å². The zero-order valence-electron chi connectivity index (χ0n) is 5.31. The molecule has 7 heavy (non-hydrogen) atoms. The van der Waals surface area contributed by atoms with E-state index in [1.807, 2.05) is 14.0 Å². The quantitative estimate of drug-likeness (QED) is 0.506. The molecule has 44 valence electrons. The Kier molecular flexibility index (Phi) is 2.96. The fraction of sp³-hybridized carbons (Fsp3) is 1.00. The van der Waals surface area contributed by atoms with Gasteiger partial charge in [0.05, 0.1) is 6.17 Å². The summed E-state index contributed by atoms with van der Waals surface area (Å²) < 4.78 is 0. The van der Waals surface area contributed by atoms with E-state index < -0.39 is 0 Å². The molecule has 0 bridgehead atoms. The van der Waals surface area contributed by atoms with Crippen molar-refractivity contribution in [1.29, 1.82) is 0 Å². The zero-order chi connectivity index (χ0) is 5.86. The monoisotopic (exact) mass is 102 g/mol. The second-order valence-corrected chi connectivity index (χ2v) is 1.81. The van der Waals surface area contributed by atoms with Crippen molar-refractivity contribution in [3.63, 3.8) is 0 Å². The van der Waals surface area contributed by atoms with Crippen molar-refractivity contribution in [1.82, 2.24) is 4.90 Å². The van der Waals surface area contributed by atoms with E-state index in [9.17, 15) is 0 Å². The van der Waals surface area contributed by atoms with Gasteiger partial charge in [-0.15, -0.1) is 0 Å². The first-order chi connectivity index (χ1) is 3.18. The highest BCUT2D eigenvalue weighted by molar-refractivity contribution is 4.49. The summed E-state index contributed by atoms with van der Waals surface area (Å²) in [7, 11) is 2.00. The molecule has 1 atom stereocenters. The van der Waals surface area contributed by atoms with Gasteiger partial charge >= 0.3 is 0 Å². The molecule has 0 radical (unpaired) electrons. The van der Waals surface area contributed by atoms with E-state index >= 15 is 0 Å². The molecular weight excluding hydrogens is 88.1 g/mol. The van der Waals surface area contributed by atoms with E-state index in [4.69, 9.17) is 5.73 Å². The lowest BCUT2D eigenvalue weighted by molar-refractivity contribution is 0.277. The molecule has 2 N–H and O–H groups in total. The van der Waals surface area contributed by atoms with Crippen LogP contribution in [0.2, 0.25) is 0 Å². The van der Waals surface area contributed by atoms with Gasteiger partial charge in [-0.3, -0.25) is 4.90 Å². The molecule has 0 aliphatic rings. The predicted octanol–water partition coefficient (Wildman–Crippen LogP) is 0.243. The molecule has 0 fully saturated rings. The number of hydrogen-bond donors (Lipinski definition) is 1. The molecule has 2 heteroatoms. The zero-order valence-corrected chi connectivity index (χ0v) is 5.31. The molecule has 0 aromatic rings. The first-order valence-corrected chi connectivity index (χ1v) is 2.64. The summed E-state index contributed by atoms with van der Waals surface area (Å²) in [6.45, 7) is 5.09. The third kappa shape index (κ3) is 2.60. The summed E-state index contributed by atoms with van der Waals surface area (Å²) in [5, 5.41) is 0. The Hall–Kier alpha value is -0.0800. The van der Waals surface area contributed by atoms with Crippen LogP contribution >= 0.6 is 0 Å². The van der Waals surface area contributed by atoms with Crippen LogP contribution in [0.4, 0.5) is 0 Å². The predicted molar refractivity (Wildman–Crippen MR) is 32.0 cm³/mol. The highest BCUT2D eigenvalue weighted by Gasteiger charge is 1.96. The van der Waals surface area contributed by atoms with Crippen LogP contribution in [0.3, 0.4) is 0 Å². The smallest absolute Gasteiger partial charge is 0.0539 e. The minimum atomic E-state index is 0.199. The molecular formula is C5H14N2. The van der Waals surface area contributed by atoms with Crippen molar-refractivity contribution in [2.45, 2.75) is 20.0 Å². The normalized spacial score (nSPS) is 15.0. The molecule has 0 aliphatic carbocycles. The highest BCUT2D eigenvalue weighted by atomic mass is 15.2. The molecule has 0 unspecified atom stereocenters. The maximum absolute atomic E-state index is 5.47. The van der Waals surface area contributed by atoms with Crippen molar-refractivity contribution < 1.29 is 0 Å². The van der Waals surface area contributed by atoms with E-state index in [0.717, 1.165) is 6.54 Å². The fourth-order valence-corrected chi connectivity index (χ4v) is 0.288. The molecule has 0 aliphatic heterocycles. The number of hydrogen-bond acceptors (Lipinski definition) is 2. The van der Waals surface area contributed by atoms with Gasteiger partial charge in [0.1, 0.15) is 0 Å². The Morgan fingerprint density at radius 3 is 2.14 bits per heavy atom. The van der Waals surface area contributed by atoms with Gasteiger partial charge < -0.3 is 5.73 Å². The van der Waals surface area contributed by atoms with Crippen LogP contribution in [0.15, 0.2) is 0 Å². The molecule has 2 nitrogen and oxygen atoms in total. The maximum atomic E-state index is 5.47. The topological polar surface area (TPSA) is 29.3 Å². The Balaban J connectivity index is 3.14. The number of nitrogens with zero attached hydrogens (tertiary/aromatic N) is 1. The minimum Gasteiger partial charge on any atom is -0.316 e. The Labute approximate surface area is 45.3 Å². The average Bonchev–Trinajstić information content (AvgIpc) is 1.65. The fourth-order valence-electron chi connectivity index (χ4n) is 0.288. The summed E-state index contributed by atoms with van der Waals surface area (Å²) in [5.74, 6) is 0. The van der Waals surface area contributed by atoms with Gasteiger partial charge in [0, 0.05) is 0 Å².